The van der Waals surface area contributed by atoms with Crippen LogP contribution < -0.4 is 0 Å². The summed E-state index contributed by atoms with van der Waals surface area (Å²) in [5.74, 6) is -0.0351. The Hall–Kier alpha value is -2.34. The minimum atomic E-state index is -1.12. The molecule has 0 spiro atoms. The van der Waals surface area contributed by atoms with Gasteiger partial charge in [-0.25, -0.2) is 19.3 Å². The molecule has 23 heavy (non-hydrogen) atoms. The number of aryl methyl sites for hydroxylation is 2. The van der Waals surface area contributed by atoms with Crippen molar-refractivity contribution in [3.8, 4) is 11.1 Å². The van der Waals surface area contributed by atoms with Gasteiger partial charge in [-0.05, 0) is 33.1 Å². The second-order valence-corrected chi connectivity index (χ2v) is 6.48. The molecule has 0 bridgehead atoms. The highest BCUT2D eigenvalue weighted by molar-refractivity contribution is 5.64. The highest BCUT2D eigenvalue weighted by Crippen LogP contribution is 2.28. The molecule has 0 aromatic carbocycles. The minimum Gasteiger partial charge on any atom is -0.382 e. The molecule has 1 N–H and O–H groups in total. The smallest absolute Gasteiger partial charge is 0.159 e. The van der Waals surface area contributed by atoms with Gasteiger partial charge in [-0.2, -0.15) is 0 Å². The number of nitrogens with zero attached hydrogens (tertiary/aromatic N) is 4. The van der Waals surface area contributed by atoms with Crippen LogP contribution in [-0.4, -0.2) is 24.5 Å². The first kappa shape index (κ1) is 14.3. The van der Waals surface area contributed by atoms with Crippen molar-refractivity contribution in [3.05, 3.63) is 47.7 Å². The molecule has 3 aromatic heterocycles. The van der Waals surface area contributed by atoms with Gasteiger partial charge in [0.05, 0.1) is 5.69 Å². The zero-order chi connectivity index (χ0) is 16.2. The molecule has 4 rings (SSSR count). The predicted octanol–water partition coefficient (Wildman–Crippen LogP) is 2.65. The van der Waals surface area contributed by atoms with Crippen molar-refractivity contribution >= 4 is 5.65 Å². The molecule has 0 amide bonds. The van der Waals surface area contributed by atoms with Gasteiger partial charge in [-0.3, -0.25) is 0 Å². The number of halogens is 1. The topological polar surface area (TPSA) is 63.3 Å². The summed E-state index contributed by atoms with van der Waals surface area (Å²) in [6.07, 6.45) is 7.87. The molecule has 118 valence electrons. The third-order valence-electron chi connectivity index (χ3n) is 4.23. The maximum absolute atomic E-state index is 14.4. The number of fused-ring (bicyclic) bond motifs is 3. The molecule has 0 fully saturated rings. The van der Waals surface area contributed by atoms with Gasteiger partial charge < -0.3 is 9.51 Å². The fourth-order valence-corrected chi connectivity index (χ4v) is 3.05. The van der Waals surface area contributed by atoms with Gasteiger partial charge in [0.2, 0.25) is 0 Å². The first-order valence-corrected chi connectivity index (χ1v) is 7.68. The van der Waals surface area contributed by atoms with E-state index in [0.717, 1.165) is 30.7 Å². The van der Waals surface area contributed by atoms with E-state index >= 15 is 0 Å². The fraction of sp³-hybridized carbons (Fsp3) is 0.353. The number of aromatic nitrogens is 4. The lowest BCUT2D eigenvalue weighted by Gasteiger charge is -2.15. The largest absolute Gasteiger partial charge is 0.382 e. The molecule has 3 aromatic rings. The van der Waals surface area contributed by atoms with Gasteiger partial charge in [-0.15, -0.1) is 0 Å². The average Bonchev–Trinajstić information content (AvgIpc) is 3.06. The Labute approximate surface area is 132 Å². The molecule has 0 saturated heterocycles. The first-order chi connectivity index (χ1) is 10.9. The van der Waals surface area contributed by atoms with E-state index in [1.807, 2.05) is 4.40 Å². The molecular weight excluding hydrogens is 295 g/mol. The summed E-state index contributed by atoms with van der Waals surface area (Å²) in [7, 11) is 0. The Kier molecular flexibility index (Phi) is 2.99. The summed E-state index contributed by atoms with van der Waals surface area (Å²) in [5.41, 5.74) is 2.77. The van der Waals surface area contributed by atoms with Gasteiger partial charge >= 0.3 is 0 Å². The van der Waals surface area contributed by atoms with Crippen LogP contribution in [-0.2, 0) is 18.4 Å². The van der Waals surface area contributed by atoms with Crippen LogP contribution in [0.25, 0.3) is 16.8 Å². The van der Waals surface area contributed by atoms with E-state index in [2.05, 4.69) is 15.0 Å². The fourth-order valence-electron chi connectivity index (χ4n) is 3.05. The Bertz CT molecular complexity index is 894. The summed E-state index contributed by atoms with van der Waals surface area (Å²) >= 11 is 0. The zero-order valence-electron chi connectivity index (χ0n) is 13.0. The lowest BCUT2D eigenvalue weighted by molar-refractivity contribution is 0.0687. The normalized spacial score (nSPS) is 14.4. The van der Waals surface area contributed by atoms with Crippen LogP contribution in [0.2, 0.25) is 0 Å². The van der Waals surface area contributed by atoms with Crippen LogP contribution in [0.3, 0.4) is 0 Å². The van der Waals surface area contributed by atoms with Crippen molar-refractivity contribution in [2.75, 3.05) is 0 Å². The summed E-state index contributed by atoms with van der Waals surface area (Å²) in [4.78, 5) is 12.8. The van der Waals surface area contributed by atoms with Crippen LogP contribution >= 0.6 is 0 Å². The second-order valence-electron chi connectivity index (χ2n) is 6.48. The Balaban J connectivity index is 1.83. The first-order valence-electron chi connectivity index (χ1n) is 7.68. The summed E-state index contributed by atoms with van der Waals surface area (Å²) in [6.45, 7) is 3.23. The molecule has 0 aliphatic heterocycles. The third kappa shape index (κ3) is 2.30. The van der Waals surface area contributed by atoms with Crippen molar-refractivity contribution < 1.29 is 9.50 Å². The molecular formula is C17H17FN4O. The molecule has 1 aliphatic carbocycles. The number of aliphatic hydroxyl groups is 1. The molecule has 3 heterocycles. The Morgan fingerprint density at radius 3 is 2.65 bits per heavy atom. The van der Waals surface area contributed by atoms with Gasteiger partial charge in [0, 0.05) is 41.5 Å². The van der Waals surface area contributed by atoms with E-state index in [-0.39, 0.29) is 5.82 Å². The van der Waals surface area contributed by atoms with E-state index in [4.69, 9.17) is 0 Å². The number of pyridine rings is 1. The van der Waals surface area contributed by atoms with Gasteiger partial charge in [-0.1, -0.05) is 0 Å². The average molecular weight is 312 g/mol. The van der Waals surface area contributed by atoms with Crippen molar-refractivity contribution in [2.45, 2.75) is 38.7 Å². The highest BCUT2D eigenvalue weighted by atomic mass is 19.1. The standard InChI is InChI=1S/C17H17FN4O/c1-17(2,23)16-19-7-10(8-20-16)11-9-22-14-5-3-4-13(14)21-15(22)6-12(11)18/h6-9,23H,3-5H2,1-2H3. The highest BCUT2D eigenvalue weighted by Gasteiger charge is 2.21. The lowest BCUT2D eigenvalue weighted by Crippen LogP contribution is -2.19. The van der Waals surface area contributed by atoms with Crippen molar-refractivity contribution in [2.24, 2.45) is 0 Å². The molecule has 5 nitrogen and oxygen atoms in total. The van der Waals surface area contributed by atoms with Crippen LogP contribution in [0, 0.1) is 5.82 Å². The molecule has 0 unspecified atom stereocenters. The molecule has 6 heteroatoms. The predicted molar refractivity (Wildman–Crippen MR) is 83.4 cm³/mol. The molecule has 0 radical (unpaired) electrons. The summed E-state index contributed by atoms with van der Waals surface area (Å²) in [6, 6.07) is 1.46. The quantitative estimate of drug-likeness (QED) is 0.790. The molecule has 0 saturated carbocycles. The summed E-state index contributed by atoms with van der Waals surface area (Å²) < 4.78 is 16.4. The molecule has 1 aliphatic rings. The van der Waals surface area contributed by atoms with Gasteiger partial charge in [0.25, 0.3) is 0 Å². The van der Waals surface area contributed by atoms with E-state index in [1.54, 1.807) is 32.4 Å². The lowest BCUT2D eigenvalue weighted by atomic mass is 10.1. The SMILES string of the molecule is CC(C)(O)c1ncc(-c2cn3c4c(nc3cc2F)CCC4)cn1. The Morgan fingerprint density at radius 2 is 1.96 bits per heavy atom. The van der Waals surface area contributed by atoms with Crippen LogP contribution in [0.1, 0.15) is 37.5 Å². The van der Waals surface area contributed by atoms with E-state index in [0.29, 0.717) is 22.6 Å². The summed E-state index contributed by atoms with van der Waals surface area (Å²) in [5, 5.41) is 9.91. The third-order valence-corrected chi connectivity index (χ3v) is 4.23. The van der Waals surface area contributed by atoms with Crippen molar-refractivity contribution in [3.63, 3.8) is 0 Å². The van der Waals surface area contributed by atoms with E-state index in [9.17, 15) is 9.50 Å². The van der Waals surface area contributed by atoms with E-state index in [1.165, 1.54) is 6.07 Å². The van der Waals surface area contributed by atoms with Crippen LogP contribution in [0.5, 0.6) is 0 Å². The zero-order valence-corrected chi connectivity index (χ0v) is 13.0. The molecule has 0 atom stereocenters. The van der Waals surface area contributed by atoms with Crippen LogP contribution in [0.15, 0.2) is 24.7 Å². The minimum absolute atomic E-state index is 0.311. The maximum atomic E-state index is 14.4. The second kappa shape index (κ2) is 4.83. The van der Waals surface area contributed by atoms with Crippen molar-refractivity contribution in [1.82, 2.24) is 19.4 Å². The van der Waals surface area contributed by atoms with Crippen molar-refractivity contribution in [1.29, 1.82) is 0 Å². The maximum Gasteiger partial charge on any atom is 0.159 e. The monoisotopic (exact) mass is 312 g/mol. The number of hydrogen-bond donors (Lipinski definition) is 1. The number of rotatable bonds is 2. The Morgan fingerprint density at radius 1 is 1.22 bits per heavy atom. The number of hydrogen-bond acceptors (Lipinski definition) is 4. The van der Waals surface area contributed by atoms with E-state index < -0.39 is 5.60 Å². The van der Waals surface area contributed by atoms with Crippen LogP contribution in [0.4, 0.5) is 4.39 Å². The number of imidazole rings is 1. The van der Waals surface area contributed by atoms with Gasteiger partial charge in [0.1, 0.15) is 17.1 Å². The van der Waals surface area contributed by atoms with Gasteiger partial charge in [0.15, 0.2) is 5.82 Å².